The molecule has 6 nitrogen and oxygen atoms in total. The summed E-state index contributed by atoms with van der Waals surface area (Å²) < 4.78 is 0. The lowest BCUT2D eigenvalue weighted by Gasteiger charge is -2.25. The van der Waals surface area contributed by atoms with Crippen LogP contribution in [0.15, 0.2) is 16.7 Å². The maximum atomic E-state index is 12.3. The number of oxime groups is 1. The van der Waals surface area contributed by atoms with Crippen LogP contribution in [0.2, 0.25) is 0 Å². The molecule has 1 aromatic rings. The summed E-state index contributed by atoms with van der Waals surface area (Å²) in [4.78, 5) is 16.5. The second kappa shape index (κ2) is 6.01. The first-order valence-electron chi connectivity index (χ1n) is 6.34. The predicted molar refractivity (Wildman–Crippen MR) is 73.1 cm³/mol. The van der Waals surface area contributed by atoms with E-state index in [2.05, 4.69) is 15.5 Å². The van der Waals surface area contributed by atoms with Crippen molar-refractivity contribution in [3.63, 3.8) is 0 Å². The SMILES string of the molecule is N/C(=N/O)C1(C(=O)NCCc2nccs2)CCCC1. The first kappa shape index (κ1) is 13.8. The zero-order chi connectivity index (χ0) is 13.7. The summed E-state index contributed by atoms with van der Waals surface area (Å²) in [6.07, 6.45) is 5.59. The molecule has 0 unspecified atom stereocenters. The van der Waals surface area contributed by atoms with Crippen molar-refractivity contribution in [3.05, 3.63) is 16.6 Å². The van der Waals surface area contributed by atoms with Gasteiger partial charge in [0.15, 0.2) is 5.84 Å². The number of aromatic nitrogens is 1. The van der Waals surface area contributed by atoms with E-state index in [0.29, 0.717) is 25.8 Å². The molecule has 0 bridgehead atoms. The Morgan fingerprint density at radius 3 is 2.89 bits per heavy atom. The number of carbonyl (C=O) groups excluding carboxylic acids is 1. The fraction of sp³-hybridized carbons (Fsp3) is 0.583. The van der Waals surface area contributed by atoms with Crippen molar-refractivity contribution < 1.29 is 10.0 Å². The third kappa shape index (κ3) is 2.86. The Hall–Kier alpha value is -1.63. The van der Waals surface area contributed by atoms with E-state index in [1.54, 1.807) is 17.5 Å². The molecular weight excluding hydrogens is 264 g/mol. The van der Waals surface area contributed by atoms with Gasteiger partial charge in [-0.15, -0.1) is 11.3 Å². The summed E-state index contributed by atoms with van der Waals surface area (Å²) in [5.74, 6) is -0.117. The second-order valence-electron chi connectivity index (χ2n) is 4.71. The van der Waals surface area contributed by atoms with E-state index in [4.69, 9.17) is 10.9 Å². The molecule has 0 radical (unpaired) electrons. The van der Waals surface area contributed by atoms with Gasteiger partial charge in [0.05, 0.1) is 5.01 Å². The molecule has 0 saturated heterocycles. The first-order chi connectivity index (χ1) is 9.19. The number of hydrogen-bond acceptors (Lipinski definition) is 5. The Morgan fingerprint density at radius 1 is 1.58 bits per heavy atom. The van der Waals surface area contributed by atoms with Crippen LogP contribution in [-0.2, 0) is 11.2 Å². The van der Waals surface area contributed by atoms with Crippen molar-refractivity contribution >= 4 is 23.1 Å². The van der Waals surface area contributed by atoms with Crippen molar-refractivity contribution in [3.8, 4) is 0 Å². The highest BCUT2D eigenvalue weighted by atomic mass is 32.1. The van der Waals surface area contributed by atoms with Crippen LogP contribution >= 0.6 is 11.3 Å². The molecule has 1 amide bonds. The molecular formula is C12H18N4O2S. The predicted octanol–water partition coefficient (Wildman–Crippen LogP) is 1.11. The van der Waals surface area contributed by atoms with E-state index in [9.17, 15) is 4.79 Å². The number of amidine groups is 1. The maximum Gasteiger partial charge on any atom is 0.233 e. The molecule has 4 N–H and O–H groups in total. The van der Waals surface area contributed by atoms with Crippen LogP contribution in [0.4, 0.5) is 0 Å². The second-order valence-corrected chi connectivity index (χ2v) is 5.69. The molecule has 1 aliphatic rings. The third-order valence-corrected chi connectivity index (χ3v) is 4.44. The van der Waals surface area contributed by atoms with Gasteiger partial charge < -0.3 is 16.3 Å². The molecule has 2 rings (SSSR count). The van der Waals surface area contributed by atoms with Gasteiger partial charge in [0.2, 0.25) is 5.91 Å². The van der Waals surface area contributed by atoms with E-state index < -0.39 is 5.41 Å². The summed E-state index contributed by atoms with van der Waals surface area (Å²) in [7, 11) is 0. The number of hydrogen-bond donors (Lipinski definition) is 3. The number of thiazole rings is 1. The quantitative estimate of drug-likeness (QED) is 0.326. The van der Waals surface area contributed by atoms with Crippen molar-refractivity contribution in [2.45, 2.75) is 32.1 Å². The summed E-state index contributed by atoms with van der Waals surface area (Å²) >= 11 is 1.57. The monoisotopic (exact) mass is 282 g/mol. The average Bonchev–Trinajstić information content (AvgIpc) is 3.09. The molecule has 1 heterocycles. The standard InChI is InChI=1S/C12H18N4O2S/c13-10(16-18)12(4-1-2-5-12)11(17)15-6-3-9-14-7-8-19-9/h7-8,18H,1-6H2,(H2,13,16)(H,15,17). The highest BCUT2D eigenvalue weighted by molar-refractivity contribution is 7.09. The van der Waals surface area contributed by atoms with E-state index in [-0.39, 0.29) is 11.7 Å². The van der Waals surface area contributed by atoms with Gasteiger partial charge in [-0.2, -0.15) is 0 Å². The van der Waals surface area contributed by atoms with Crippen LogP contribution in [0.25, 0.3) is 0 Å². The van der Waals surface area contributed by atoms with Crippen LogP contribution in [0.3, 0.4) is 0 Å². The number of nitrogens with zero attached hydrogens (tertiary/aromatic N) is 2. The minimum Gasteiger partial charge on any atom is -0.409 e. The first-order valence-corrected chi connectivity index (χ1v) is 7.22. The topological polar surface area (TPSA) is 101 Å². The fourth-order valence-corrected chi connectivity index (χ4v) is 3.12. The number of rotatable bonds is 5. The molecule has 0 spiro atoms. The molecule has 19 heavy (non-hydrogen) atoms. The summed E-state index contributed by atoms with van der Waals surface area (Å²) in [6, 6.07) is 0. The van der Waals surface area contributed by atoms with Gasteiger partial charge >= 0.3 is 0 Å². The van der Waals surface area contributed by atoms with E-state index >= 15 is 0 Å². The summed E-state index contributed by atoms with van der Waals surface area (Å²) in [5.41, 5.74) is 4.89. The van der Waals surface area contributed by atoms with Crippen LogP contribution in [0, 0.1) is 5.41 Å². The molecule has 7 heteroatoms. The summed E-state index contributed by atoms with van der Waals surface area (Å²) in [6.45, 7) is 0.521. The molecule has 104 valence electrons. The Morgan fingerprint density at radius 2 is 2.32 bits per heavy atom. The Labute approximate surface area is 115 Å². The van der Waals surface area contributed by atoms with Crippen molar-refractivity contribution in [2.24, 2.45) is 16.3 Å². The lowest BCUT2D eigenvalue weighted by Crippen LogP contribution is -2.48. The van der Waals surface area contributed by atoms with Gasteiger partial charge in [-0.25, -0.2) is 4.98 Å². The minimum atomic E-state index is -0.822. The van der Waals surface area contributed by atoms with Gasteiger partial charge in [0, 0.05) is 24.5 Å². The van der Waals surface area contributed by atoms with Gasteiger partial charge in [0.25, 0.3) is 0 Å². The Balaban J connectivity index is 1.93. The van der Waals surface area contributed by atoms with Gasteiger partial charge in [-0.3, -0.25) is 4.79 Å². The van der Waals surface area contributed by atoms with Crippen molar-refractivity contribution in [1.29, 1.82) is 0 Å². The van der Waals surface area contributed by atoms with E-state index in [0.717, 1.165) is 17.8 Å². The van der Waals surface area contributed by atoms with E-state index in [1.807, 2.05) is 5.38 Å². The molecule has 1 saturated carbocycles. The van der Waals surface area contributed by atoms with Crippen LogP contribution in [0.1, 0.15) is 30.7 Å². The van der Waals surface area contributed by atoms with Crippen molar-refractivity contribution in [1.82, 2.24) is 10.3 Å². The zero-order valence-corrected chi connectivity index (χ0v) is 11.4. The summed E-state index contributed by atoms with van der Waals surface area (Å²) in [5, 5.41) is 17.7. The largest absolute Gasteiger partial charge is 0.409 e. The Bertz CT molecular complexity index is 452. The van der Waals surface area contributed by atoms with Crippen molar-refractivity contribution in [2.75, 3.05) is 6.54 Å². The smallest absolute Gasteiger partial charge is 0.233 e. The molecule has 1 aliphatic carbocycles. The van der Waals surface area contributed by atoms with Gasteiger partial charge in [-0.1, -0.05) is 18.0 Å². The highest BCUT2D eigenvalue weighted by Gasteiger charge is 2.45. The third-order valence-electron chi connectivity index (χ3n) is 3.60. The molecule has 0 aromatic carbocycles. The van der Waals surface area contributed by atoms with Crippen LogP contribution in [0.5, 0.6) is 0 Å². The maximum absolute atomic E-state index is 12.3. The van der Waals surface area contributed by atoms with Gasteiger partial charge in [0.1, 0.15) is 5.41 Å². The normalized spacial score (nSPS) is 18.4. The Kier molecular flexibility index (Phi) is 4.36. The highest BCUT2D eigenvalue weighted by Crippen LogP contribution is 2.38. The molecule has 1 aromatic heterocycles. The zero-order valence-electron chi connectivity index (χ0n) is 10.6. The lowest BCUT2D eigenvalue weighted by molar-refractivity contribution is -0.127. The van der Waals surface area contributed by atoms with Crippen LogP contribution in [-0.4, -0.2) is 28.5 Å². The van der Waals surface area contributed by atoms with Gasteiger partial charge in [-0.05, 0) is 12.8 Å². The molecule has 0 aliphatic heterocycles. The molecule has 0 atom stereocenters. The number of carbonyl (C=O) groups is 1. The minimum absolute atomic E-state index is 0.0248. The number of nitrogens with two attached hydrogens (primary N) is 1. The fourth-order valence-electron chi connectivity index (χ4n) is 2.50. The molecule has 1 fully saturated rings. The number of nitrogens with one attached hydrogen (secondary N) is 1. The van der Waals surface area contributed by atoms with Crippen LogP contribution < -0.4 is 11.1 Å². The van der Waals surface area contributed by atoms with E-state index in [1.165, 1.54) is 0 Å². The lowest BCUT2D eigenvalue weighted by atomic mass is 9.84. The average molecular weight is 282 g/mol. The number of amides is 1.